The van der Waals surface area contributed by atoms with Gasteiger partial charge in [-0.2, -0.15) is 0 Å². The van der Waals surface area contributed by atoms with Gasteiger partial charge in [0.25, 0.3) is 0 Å². The first-order valence-electron chi connectivity index (χ1n) is 9.08. The molecule has 28 heavy (non-hydrogen) atoms. The maximum absolute atomic E-state index is 13.2. The second-order valence-corrected chi connectivity index (χ2v) is 7.84. The van der Waals surface area contributed by atoms with Crippen LogP contribution in [-0.2, 0) is 16.1 Å². The van der Waals surface area contributed by atoms with Crippen LogP contribution in [0, 0.1) is 5.82 Å². The lowest BCUT2D eigenvalue weighted by Gasteiger charge is -2.30. The minimum Gasteiger partial charge on any atom is -0.357 e. The van der Waals surface area contributed by atoms with Gasteiger partial charge in [0.2, 0.25) is 11.8 Å². The lowest BCUT2D eigenvalue weighted by Crippen LogP contribution is -2.48. The number of thioether (sulfide) groups is 1. The van der Waals surface area contributed by atoms with Crippen LogP contribution < -0.4 is 5.32 Å². The van der Waals surface area contributed by atoms with Crippen molar-refractivity contribution in [2.75, 3.05) is 12.8 Å². The molecule has 2 aromatic carbocycles. The van der Waals surface area contributed by atoms with Crippen LogP contribution in [0.2, 0.25) is 5.02 Å². The van der Waals surface area contributed by atoms with Crippen LogP contribution >= 0.6 is 23.4 Å². The summed E-state index contributed by atoms with van der Waals surface area (Å²) in [5, 5.41) is 3.29. The summed E-state index contributed by atoms with van der Waals surface area (Å²) >= 11 is 7.45. The molecule has 0 saturated carbocycles. The van der Waals surface area contributed by atoms with Gasteiger partial charge >= 0.3 is 0 Å². The SMILES string of the molecule is CC[C@H](C(=O)NC)N(Cc1ccc(F)cc1)C(=O)CCSc1ccc(Cl)cc1. The lowest BCUT2D eigenvalue weighted by molar-refractivity contribution is -0.140. The molecule has 2 aromatic rings. The van der Waals surface area contributed by atoms with Crippen molar-refractivity contribution >= 4 is 35.2 Å². The third kappa shape index (κ3) is 6.53. The summed E-state index contributed by atoms with van der Waals surface area (Å²) in [6.07, 6.45) is 0.791. The minimum absolute atomic E-state index is 0.110. The Bertz CT molecular complexity index is 784. The predicted octanol–water partition coefficient (Wildman–Crippen LogP) is 4.51. The first kappa shape index (κ1) is 22.2. The van der Waals surface area contributed by atoms with E-state index in [4.69, 9.17) is 11.6 Å². The standard InChI is InChI=1S/C21H24ClFN2O2S/c1-3-19(21(27)24-2)25(14-15-4-8-17(23)9-5-15)20(26)12-13-28-18-10-6-16(22)7-11-18/h4-11,19H,3,12-14H2,1-2H3,(H,24,27)/t19-/m1/s1. The molecule has 1 atom stereocenters. The van der Waals surface area contributed by atoms with Crippen LogP contribution in [-0.4, -0.2) is 35.6 Å². The second-order valence-electron chi connectivity index (χ2n) is 6.24. The molecule has 0 aliphatic heterocycles. The van der Waals surface area contributed by atoms with Gasteiger partial charge in [0.05, 0.1) is 0 Å². The van der Waals surface area contributed by atoms with E-state index in [1.165, 1.54) is 12.1 Å². The Hall–Kier alpha value is -2.05. The van der Waals surface area contributed by atoms with Crippen molar-refractivity contribution in [2.45, 2.75) is 37.2 Å². The molecule has 0 unspecified atom stereocenters. The second kappa shape index (κ2) is 11.1. The molecule has 0 aromatic heterocycles. The summed E-state index contributed by atoms with van der Waals surface area (Å²) < 4.78 is 13.2. The largest absolute Gasteiger partial charge is 0.357 e. The molecule has 150 valence electrons. The fourth-order valence-corrected chi connectivity index (χ4v) is 3.77. The highest BCUT2D eigenvalue weighted by atomic mass is 35.5. The molecule has 0 fully saturated rings. The fraction of sp³-hybridized carbons (Fsp3) is 0.333. The Labute approximate surface area is 174 Å². The number of halogens is 2. The Morgan fingerprint density at radius 1 is 1.14 bits per heavy atom. The van der Waals surface area contributed by atoms with E-state index in [0.29, 0.717) is 23.6 Å². The van der Waals surface area contributed by atoms with Crippen LogP contribution in [0.25, 0.3) is 0 Å². The van der Waals surface area contributed by atoms with E-state index in [2.05, 4.69) is 5.32 Å². The van der Waals surface area contributed by atoms with Crippen molar-refractivity contribution in [3.05, 3.63) is 64.9 Å². The van der Waals surface area contributed by atoms with E-state index < -0.39 is 6.04 Å². The van der Waals surface area contributed by atoms with E-state index >= 15 is 0 Å². The number of nitrogens with zero attached hydrogens (tertiary/aromatic N) is 1. The van der Waals surface area contributed by atoms with Gasteiger partial charge < -0.3 is 10.2 Å². The van der Waals surface area contributed by atoms with Crippen LogP contribution in [0.4, 0.5) is 4.39 Å². The molecule has 2 amide bonds. The molecule has 0 radical (unpaired) electrons. The van der Waals surface area contributed by atoms with Gasteiger partial charge in [-0.25, -0.2) is 4.39 Å². The Kier molecular flexibility index (Phi) is 8.80. The highest BCUT2D eigenvalue weighted by Gasteiger charge is 2.27. The summed E-state index contributed by atoms with van der Waals surface area (Å²) in [6, 6.07) is 12.9. The van der Waals surface area contributed by atoms with Crippen LogP contribution in [0.5, 0.6) is 0 Å². The zero-order valence-electron chi connectivity index (χ0n) is 16.0. The molecule has 7 heteroatoms. The van der Waals surface area contributed by atoms with Crippen molar-refractivity contribution in [1.29, 1.82) is 0 Å². The summed E-state index contributed by atoms with van der Waals surface area (Å²) in [7, 11) is 1.56. The van der Waals surface area contributed by atoms with Gasteiger partial charge in [-0.05, 0) is 48.4 Å². The van der Waals surface area contributed by atoms with Crippen LogP contribution in [0.3, 0.4) is 0 Å². The monoisotopic (exact) mass is 422 g/mol. The lowest BCUT2D eigenvalue weighted by atomic mass is 10.1. The number of hydrogen-bond donors (Lipinski definition) is 1. The molecule has 2 rings (SSSR count). The highest BCUT2D eigenvalue weighted by molar-refractivity contribution is 7.99. The number of amides is 2. The van der Waals surface area contributed by atoms with E-state index in [9.17, 15) is 14.0 Å². The number of likely N-dealkylation sites (N-methyl/N-ethyl adjacent to an activating group) is 1. The number of hydrogen-bond acceptors (Lipinski definition) is 3. The van der Waals surface area contributed by atoms with Gasteiger partial charge in [0.15, 0.2) is 0 Å². The van der Waals surface area contributed by atoms with Gasteiger partial charge in [-0.3, -0.25) is 9.59 Å². The Morgan fingerprint density at radius 2 is 1.79 bits per heavy atom. The number of nitrogens with one attached hydrogen (secondary N) is 1. The average molecular weight is 423 g/mol. The summed E-state index contributed by atoms with van der Waals surface area (Å²) in [6.45, 7) is 2.13. The van der Waals surface area contributed by atoms with E-state index in [1.54, 1.807) is 35.8 Å². The maximum atomic E-state index is 13.2. The van der Waals surface area contributed by atoms with E-state index in [0.717, 1.165) is 10.5 Å². The van der Waals surface area contributed by atoms with Gasteiger partial charge in [-0.1, -0.05) is 30.7 Å². The van der Waals surface area contributed by atoms with Gasteiger partial charge in [0, 0.05) is 35.7 Å². The molecule has 0 aliphatic rings. The third-order valence-electron chi connectivity index (χ3n) is 4.30. The van der Waals surface area contributed by atoms with Crippen molar-refractivity contribution in [2.24, 2.45) is 0 Å². The number of benzene rings is 2. The van der Waals surface area contributed by atoms with E-state index in [1.807, 2.05) is 31.2 Å². The molecule has 4 nitrogen and oxygen atoms in total. The predicted molar refractivity (Wildman–Crippen MR) is 112 cm³/mol. The van der Waals surface area contributed by atoms with Crippen LogP contribution in [0.15, 0.2) is 53.4 Å². The summed E-state index contributed by atoms with van der Waals surface area (Å²) in [5.74, 6) is -0.0613. The van der Waals surface area contributed by atoms with Crippen molar-refractivity contribution in [1.82, 2.24) is 10.2 Å². The summed E-state index contributed by atoms with van der Waals surface area (Å²) in [5.41, 5.74) is 0.780. The van der Waals surface area contributed by atoms with Gasteiger partial charge in [-0.15, -0.1) is 11.8 Å². The first-order chi connectivity index (χ1) is 13.4. The Morgan fingerprint density at radius 3 is 2.36 bits per heavy atom. The van der Waals surface area contributed by atoms with Crippen molar-refractivity contribution in [3.63, 3.8) is 0 Å². The molecule has 0 heterocycles. The maximum Gasteiger partial charge on any atom is 0.242 e. The molecule has 0 bridgehead atoms. The topological polar surface area (TPSA) is 49.4 Å². The zero-order chi connectivity index (χ0) is 20.5. The molecule has 0 spiro atoms. The fourth-order valence-electron chi connectivity index (χ4n) is 2.80. The Balaban J connectivity index is 2.07. The molecular formula is C21H24ClFN2O2S. The third-order valence-corrected chi connectivity index (χ3v) is 5.56. The van der Waals surface area contributed by atoms with Crippen molar-refractivity contribution < 1.29 is 14.0 Å². The normalized spacial score (nSPS) is 11.7. The van der Waals surface area contributed by atoms with Crippen LogP contribution in [0.1, 0.15) is 25.3 Å². The highest BCUT2D eigenvalue weighted by Crippen LogP contribution is 2.22. The first-order valence-corrected chi connectivity index (χ1v) is 10.4. The zero-order valence-corrected chi connectivity index (χ0v) is 17.5. The quantitative estimate of drug-likeness (QED) is 0.604. The van der Waals surface area contributed by atoms with E-state index in [-0.39, 0.29) is 24.2 Å². The smallest absolute Gasteiger partial charge is 0.242 e. The van der Waals surface area contributed by atoms with Gasteiger partial charge in [0.1, 0.15) is 11.9 Å². The molecule has 0 aliphatic carbocycles. The average Bonchev–Trinajstić information content (AvgIpc) is 2.70. The minimum atomic E-state index is -0.567. The number of carbonyl (C=O) groups is 2. The molecular weight excluding hydrogens is 399 g/mol. The molecule has 0 saturated heterocycles. The number of rotatable bonds is 9. The van der Waals surface area contributed by atoms with Crippen molar-refractivity contribution in [3.8, 4) is 0 Å². The summed E-state index contributed by atoms with van der Waals surface area (Å²) in [4.78, 5) is 27.8. The molecule has 1 N–H and O–H groups in total. The number of carbonyl (C=O) groups excluding carboxylic acids is 2.